The van der Waals surface area contributed by atoms with Crippen LogP contribution in [0.15, 0.2) is 91.0 Å². The minimum Gasteiger partial charge on any atom is -0.465 e. The lowest BCUT2D eigenvalue weighted by Gasteiger charge is -2.30. The maximum absolute atomic E-state index is 14.7. The number of ether oxygens (including phenoxy) is 1. The van der Waals surface area contributed by atoms with Gasteiger partial charge in [-0.1, -0.05) is 90.9 Å². The van der Waals surface area contributed by atoms with Gasteiger partial charge in [0.2, 0.25) is 21.8 Å². The molecule has 3 fully saturated rings. The van der Waals surface area contributed by atoms with E-state index in [2.05, 4.69) is 32.5 Å². The van der Waals surface area contributed by atoms with Gasteiger partial charge >= 0.3 is 0 Å². The number of carbonyl (C=O) groups is 3. The molecule has 8 rings (SSSR count). The first kappa shape index (κ1) is 36.2. The van der Waals surface area contributed by atoms with Crippen LogP contribution in [-0.2, 0) is 24.4 Å². The summed E-state index contributed by atoms with van der Waals surface area (Å²) in [5, 5.41) is 6.90. The van der Waals surface area contributed by atoms with Crippen molar-refractivity contribution in [2.45, 2.75) is 93.2 Å². The molecule has 1 saturated heterocycles. The second-order valence-electron chi connectivity index (χ2n) is 15.3. The highest BCUT2D eigenvalue weighted by atomic mass is 32.2. The van der Waals surface area contributed by atoms with Gasteiger partial charge in [0.1, 0.15) is 23.7 Å². The Bertz CT molecular complexity index is 2150. The quantitative estimate of drug-likeness (QED) is 0.180. The Labute approximate surface area is 319 Å². The van der Waals surface area contributed by atoms with Crippen molar-refractivity contribution in [3.05, 3.63) is 91.0 Å². The zero-order valence-electron chi connectivity index (χ0n) is 30.2. The second-order valence-corrected chi connectivity index (χ2v) is 18.5. The van der Waals surface area contributed by atoms with E-state index in [0.717, 1.165) is 52.7 Å². The minimum atomic E-state index is -3.94. The zero-order valence-corrected chi connectivity index (χ0v) is 31.8. The molecule has 0 unspecified atom stereocenters. The number of rotatable bonds is 8. The summed E-state index contributed by atoms with van der Waals surface area (Å²) in [6.07, 6.45) is 8.69. The van der Waals surface area contributed by atoms with Gasteiger partial charge in [-0.3, -0.25) is 19.1 Å². The van der Waals surface area contributed by atoms with E-state index in [1.165, 1.54) is 11.3 Å². The summed E-state index contributed by atoms with van der Waals surface area (Å²) >= 11 is 1.40. The molecule has 13 heteroatoms. The van der Waals surface area contributed by atoms with Gasteiger partial charge in [-0.15, -0.1) is 0 Å². The fourth-order valence-electron chi connectivity index (χ4n) is 7.58. The Morgan fingerprint density at radius 2 is 1.70 bits per heavy atom. The third kappa shape index (κ3) is 7.35. The molecule has 282 valence electrons. The second kappa shape index (κ2) is 14.5. The smallest absolute Gasteiger partial charge is 0.274 e. The summed E-state index contributed by atoms with van der Waals surface area (Å²) in [5.41, 5.74) is 2.31. The van der Waals surface area contributed by atoms with E-state index in [1.807, 2.05) is 78.9 Å². The molecule has 4 aliphatic rings. The third-order valence-electron chi connectivity index (χ3n) is 11.3. The van der Waals surface area contributed by atoms with E-state index in [4.69, 9.17) is 4.74 Å². The number of fused-ring (bicyclic) bond motifs is 3. The van der Waals surface area contributed by atoms with Crippen LogP contribution in [-0.4, -0.2) is 71.0 Å². The van der Waals surface area contributed by atoms with Crippen LogP contribution < -0.4 is 20.1 Å². The van der Waals surface area contributed by atoms with Gasteiger partial charge in [0.15, 0.2) is 0 Å². The number of hydrogen-bond acceptors (Lipinski definition) is 9. The summed E-state index contributed by atoms with van der Waals surface area (Å²) in [6, 6.07) is 24.2. The van der Waals surface area contributed by atoms with Gasteiger partial charge < -0.3 is 20.3 Å². The van der Waals surface area contributed by atoms with Gasteiger partial charge in [0, 0.05) is 18.0 Å². The average molecular weight is 768 g/mol. The topological polar surface area (TPSA) is 147 Å². The van der Waals surface area contributed by atoms with E-state index in [0.29, 0.717) is 24.5 Å². The molecule has 4 aromatic rings. The molecular formula is C41H45N5O6S2. The van der Waals surface area contributed by atoms with Gasteiger partial charge in [0.25, 0.3) is 11.1 Å². The normalized spacial score (nSPS) is 27.4. The molecule has 3 heterocycles. The number of aromatic nitrogens is 1. The van der Waals surface area contributed by atoms with E-state index in [1.54, 1.807) is 11.8 Å². The molecular weight excluding hydrogens is 723 g/mol. The highest BCUT2D eigenvalue weighted by Gasteiger charge is 2.63. The molecule has 0 bridgehead atoms. The predicted octanol–water partition coefficient (Wildman–Crippen LogP) is 6.19. The average Bonchev–Trinajstić information content (AvgIpc) is 3.98. The Balaban J connectivity index is 1.08. The molecule has 5 atom stereocenters. The molecule has 3 amide bonds. The van der Waals surface area contributed by atoms with Crippen LogP contribution in [0.4, 0.5) is 5.69 Å². The molecule has 2 saturated carbocycles. The molecule has 0 spiro atoms. The van der Waals surface area contributed by atoms with E-state index >= 15 is 0 Å². The largest absolute Gasteiger partial charge is 0.465 e. The van der Waals surface area contributed by atoms with Crippen molar-refractivity contribution in [3.8, 4) is 16.3 Å². The first-order valence-corrected chi connectivity index (χ1v) is 21.1. The van der Waals surface area contributed by atoms with Crippen LogP contribution in [0.1, 0.15) is 64.7 Å². The maximum atomic E-state index is 14.7. The molecule has 2 aliphatic heterocycles. The van der Waals surface area contributed by atoms with Crippen molar-refractivity contribution in [2.24, 2.45) is 5.92 Å². The fourth-order valence-corrected chi connectivity index (χ4v) is 9.77. The molecule has 11 nitrogen and oxygen atoms in total. The Kier molecular flexibility index (Phi) is 9.72. The highest BCUT2D eigenvalue weighted by Crippen LogP contribution is 2.47. The summed E-state index contributed by atoms with van der Waals surface area (Å²) in [7, 11) is -3.94. The number of allylic oxidation sites excluding steroid dienone is 1. The number of sulfonamides is 1. The van der Waals surface area contributed by atoms with Crippen molar-refractivity contribution in [2.75, 3.05) is 11.9 Å². The number of carbonyl (C=O) groups excluding carboxylic acids is 3. The number of thiazole rings is 1. The lowest BCUT2D eigenvalue weighted by molar-refractivity contribution is -0.140. The zero-order chi connectivity index (χ0) is 37.5. The molecule has 3 N–H and O–H groups in total. The molecule has 3 aromatic carbocycles. The Morgan fingerprint density at radius 1 is 0.963 bits per heavy atom. The molecule has 1 aromatic heterocycles. The molecule has 0 radical (unpaired) electrons. The summed E-state index contributed by atoms with van der Waals surface area (Å²) in [5.74, 6) is -1.86. The van der Waals surface area contributed by atoms with E-state index in [-0.39, 0.29) is 31.2 Å². The standard InChI is InChI=1S/C41H45N5O6S2/c1-40(22-23-40)54(50,51)45-38(49)41-25-29(41)14-8-3-2-4-9-16-33(42-30-20-18-28(19-21-30)27-12-6-5-7-13-27)37(48)46-26-31(24-34(46)36(47)44-41)52-39-43-32-15-10-11-17-35(32)53-39/h5-8,10-15,17-21,29,31,33-34,42H,2-4,9,16,22-26H2,1H3,(H,44,47)(H,45,49)/b14-8-/t29-,31+,33-,34-,41+/m0/s1. The first-order valence-electron chi connectivity index (χ1n) is 18.8. The number of nitrogens with one attached hydrogen (secondary N) is 3. The van der Waals surface area contributed by atoms with Crippen LogP contribution in [0.25, 0.3) is 21.3 Å². The highest BCUT2D eigenvalue weighted by molar-refractivity contribution is 7.91. The fraction of sp³-hybridized carbons (Fsp3) is 0.415. The lowest BCUT2D eigenvalue weighted by atomic mass is 10.0. The first-order chi connectivity index (χ1) is 26.0. The number of amides is 3. The summed E-state index contributed by atoms with van der Waals surface area (Å²) < 4.78 is 35.0. The molecule has 2 aliphatic carbocycles. The number of nitrogens with zero attached hydrogens (tertiary/aromatic N) is 2. The molecule has 54 heavy (non-hydrogen) atoms. The van der Waals surface area contributed by atoms with Crippen molar-refractivity contribution in [1.82, 2.24) is 19.9 Å². The number of para-hydroxylation sites is 1. The Morgan fingerprint density at radius 3 is 2.46 bits per heavy atom. The summed E-state index contributed by atoms with van der Waals surface area (Å²) in [4.78, 5) is 49.2. The summed E-state index contributed by atoms with van der Waals surface area (Å²) in [6.45, 7) is 1.77. The van der Waals surface area contributed by atoms with Crippen molar-refractivity contribution in [3.63, 3.8) is 0 Å². The van der Waals surface area contributed by atoms with Gasteiger partial charge in [-0.2, -0.15) is 0 Å². The van der Waals surface area contributed by atoms with Crippen LogP contribution in [0.5, 0.6) is 5.19 Å². The van der Waals surface area contributed by atoms with Crippen molar-refractivity contribution >= 4 is 55.0 Å². The van der Waals surface area contributed by atoms with Gasteiger partial charge in [0.05, 0.1) is 21.5 Å². The number of anilines is 1. The lowest BCUT2D eigenvalue weighted by Crippen LogP contribution is -2.58. The Hall–Kier alpha value is -4.75. The monoisotopic (exact) mass is 767 g/mol. The van der Waals surface area contributed by atoms with Crippen LogP contribution in [0.3, 0.4) is 0 Å². The van der Waals surface area contributed by atoms with Gasteiger partial charge in [-0.25, -0.2) is 13.4 Å². The number of benzene rings is 3. The predicted molar refractivity (Wildman–Crippen MR) is 209 cm³/mol. The van der Waals surface area contributed by atoms with E-state index < -0.39 is 50.3 Å². The van der Waals surface area contributed by atoms with Crippen molar-refractivity contribution in [1.29, 1.82) is 0 Å². The van der Waals surface area contributed by atoms with Gasteiger partial charge in [-0.05, 0) is 80.8 Å². The third-order valence-corrected chi connectivity index (χ3v) is 14.4. The van der Waals surface area contributed by atoms with Crippen LogP contribution in [0, 0.1) is 5.92 Å². The maximum Gasteiger partial charge on any atom is 0.274 e. The van der Waals surface area contributed by atoms with E-state index in [9.17, 15) is 22.8 Å². The van der Waals surface area contributed by atoms with Crippen molar-refractivity contribution < 1.29 is 27.5 Å². The van der Waals surface area contributed by atoms with Crippen LogP contribution in [0.2, 0.25) is 0 Å². The minimum absolute atomic E-state index is 0.146. The number of hydrogen-bond donors (Lipinski definition) is 3. The SMILES string of the molecule is CC1(S(=O)(=O)NC(=O)[C@@]23C[C@@H]2/C=C\CCCCC[C@H](Nc2ccc(-c4ccccc4)cc2)C(=O)N2C[C@H](Oc4nc5ccccc5s4)C[C@H]2C(=O)N3)CC1. The van der Waals surface area contributed by atoms with Crippen LogP contribution >= 0.6 is 11.3 Å².